The molecule has 0 atom stereocenters. The Labute approximate surface area is 200 Å². The number of carbonyl (C=O) groups is 1. The molecule has 0 unspecified atom stereocenters. The summed E-state index contributed by atoms with van der Waals surface area (Å²) in [5.74, 6) is 2.04. The molecule has 6 nitrogen and oxygen atoms in total. The number of ether oxygens (including phenoxy) is 1. The standard InChI is InChI=1S/C26H34N4O2S/c1-6-18(7-2)26(31)30(22-9-10-22)14-20-12-19-8-11-23(32-5)13-24(19)28-25(20)29(4)15-21-16-33-17(3)27-21/h8,11-13,16,18,22H,6-7,9-10,14-15H2,1-5H3. The number of benzene rings is 1. The summed E-state index contributed by atoms with van der Waals surface area (Å²) in [6.07, 6.45) is 3.94. The first-order valence-electron chi connectivity index (χ1n) is 11.8. The fourth-order valence-corrected chi connectivity index (χ4v) is 4.99. The molecule has 2 heterocycles. The van der Waals surface area contributed by atoms with Gasteiger partial charge in [-0.15, -0.1) is 11.3 Å². The van der Waals surface area contributed by atoms with Crippen LogP contribution in [0.5, 0.6) is 5.75 Å². The molecule has 1 aliphatic carbocycles. The minimum absolute atomic E-state index is 0.0856. The number of hydrogen-bond donors (Lipinski definition) is 0. The number of pyridine rings is 1. The normalized spacial score (nSPS) is 13.5. The van der Waals surface area contributed by atoms with Crippen molar-refractivity contribution in [2.75, 3.05) is 19.1 Å². The molecular weight excluding hydrogens is 432 g/mol. The van der Waals surface area contributed by atoms with Crippen LogP contribution in [0, 0.1) is 12.8 Å². The average molecular weight is 467 g/mol. The zero-order chi connectivity index (χ0) is 23.5. The number of rotatable bonds is 10. The van der Waals surface area contributed by atoms with Gasteiger partial charge in [0.25, 0.3) is 0 Å². The van der Waals surface area contributed by atoms with Gasteiger partial charge in [-0.1, -0.05) is 13.8 Å². The van der Waals surface area contributed by atoms with Gasteiger partial charge in [-0.2, -0.15) is 0 Å². The maximum absolute atomic E-state index is 13.4. The summed E-state index contributed by atoms with van der Waals surface area (Å²) in [6.45, 7) is 7.50. The van der Waals surface area contributed by atoms with Gasteiger partial charge < -0.3 is 14.5 Å². The summed E-state index contributed by atoms with van der Waals surface area (Å²) >= 11 is 1.66. The molecule has 1 saturated carbocycles. The zero-order valence-corrected chi connectivity index (χ0v) is 21.1. The molecule has 0 saturated heterocycles. The van der Waals surface area contributed by atoms with Crippen LogP contribution in [0.2, 0.25) is 0 Å². The Morgan fingerprint density at radius 2 is 1.94 bits per heavy atom. The van der Waals surface area contributed by atoms with E-state index in [2.05, 4.69) is 47.1 Å². The fraction of sp³-hybridized carbons (Fsp3) is 0.500. The van der Waals surface area contributed by atoms with Crippen LogP contribution in [0.3, 0.4) is 0 Å². The number of aromatic nitrogens is 2. The lowest BCUT2D eigenvalue weighted by Gasteiger charge is -2.29. The minimum atomic E-state index is 0.0856. The van der Waals surface area contributed by atoms with Gasteiger partial charge in [0.1, 0.15) is 11.6 Å². The molecule has 7 heteroatoms. The van der Waals surface area contributed by atoms with Crippen LogP contribution in [0.15, 0.2) is 29.6 Å². The molecule has 0 radical (unpaired) electrons. The molecule has 0 aliphatic heterocycles. The number of hydrogen-bond acceptors (Lipinski definition) is 6. The van der Waals surface area contributed by atoms with E-state index in [1.165, 1.54) is 0 Å². The third-order valence-electron chi connectivity index (χ3n) is 6.45. The number of nitrogens with zero attached hydrogens (tertiary/aromatic N) is 4. The second kappa shape index (κ2) is 10.1. The van der Waals surface area contributed by atoms with E-state index in [0.717, 1.165) is 64.4 Å². The smallest absolute Gasteiger partial charge is 0.226 e. The van der Waals surface area contributed by atoms with E-state index in [4.69, 9.17) is 9.72 Å². The Kier molecular flexibility index (Phi) is 7.17. The van der Waals surface area contributed by atoms with Gasteiger partial charge >= 0.3 is 0 Å². The van der Waals surface area contributed by atoms with Crippen LogP contribution in [0.1, 0.15) is 55.8 Å². The lowest BCUT2D eigenvalue weighted by molar-refractivity contribution is -0.137. The van der Waals surface area contributed by atoms with Gasteiger partial charge in [0.05, 0.1) is 29.9 Å². The Hall–Kier alpha value is -2.67. The molecule has 0 bridgehead atoms. The van der Waals surface area contributed by atoms with E-state index in [1.54, 1.807) is 18.4 Å². The highest BCUT2D eigenvalue weighted by atomic mass is 32.1. The highest BCUT2D eigenvalue weighted by molar-refractivity contribution is 7.09. The topological polar surface area (TPSA) is 58.6 Å². The number of amides is 1. The van der Waals surface area contributed by atoms with Crippen LogP contribution >= 0.6 is 11.3 Å². The molecule has 3 aromatic rings. The van der Waals surface area contributed by atoms with Crippen molar-refractivity contribution in [3.05, 3.63) is 45.9 Å². The quantitative estimate of drug-likeness (QED) is 0.391. The molecule has 0 N–H and O–H groups in total. The van der Waals surface area contributed by atoms with Gasteiger partial charge in [0.2, 0.25) is 5.91 Å². The van der Waals surface area contributed by atoms with Crippen molar-refractivity contribution in [1.29, 1.82) is 0 Å². The van der Waals surface area contributed by atoms with Crippen molar-refractivity contribution in [1.82, 2.24) is 14.9 Å². The van der Waals surface area contributed by atoms with Crippen molar-refractivity contribution in [3.63, 3.8) is 0 Å². The second-order valence-electron chi connectivity index (χ2n) is 8.95. The van der Waals surface area contributed by atoms with E-state index in [1.807, 2.05) is 25.1 Å². The van der Waals surface area contributed by atoms with Crippen molar-refractivity contribution in [2.24, 2.45) is 5.92 Å². The highest BCUT2D eigenvalue weighted by Gasteiger charge is 2.35. The third-order valence-corrected chi connectivity index (χ3v) is 7.28. The van der Waals surface area contributed by atoms with Crippen molar-refractivity contribution >= 4 is 34.0 Å². The predicted molar refractivity (Wildman–Crippen MR) is 135 cm³/mol. The number of carbonyl (C=O) groups excluding carboxylic acids is 1. The van der Waals surface area contributed by atoms with Crippen molar-refractivity contribution < 1.29 is 9.53 Å². The van der Waals surface area contributed by atoms with Gasteiger partial charge in [0, 0.05) is 47.9 Å². The molecule has 0 spiro atoms. The third kappa shape index (κ3) is 5.29. The first kappa shape index (κ1) is 23.5. The van der Waals surface area contributed by atoms with E-state index in [9.17, 15) is 4.79 Å². The van der Waals surface area contributed by atoms with Gasteiger partial charge in [-0.05, 0) is 50.8 Å². The Morgan fingerprint density at radius 1 is 1.18 bits per heavy atom. The SMILES string of the molecule is CCC(CC)C(=O)N(Cc1cc2ccc(OC)cc2nc1N(C)Cc1csc(C)n1)C1CC1. The van der Waals surface area contributed by atoms with Crippen molar-refractivity contribution in [2.45, 2.75) is 65.6 Å². The highest BCUT2D eigenvalue weighted by Crippen LogP contribution is 2.34. The molecule has 1 aromatic carbocycles. The minimum Gasteiger partial charge on any atom is -0.497 e. The van der Waals surface area contributed by atoms with Gasteiger partial charge in [-0.3, -0.25) is 4.79 Å². The lowest BCUT2D eigenvalue weighted by atomic mass is 10.0. The summed E-state index contributed by atoms with van der Waals surface area (Å²) < 4.78 is 5.42. The summed E-state index contributed by atoms with van der Waals surface area (Å²) in [5.41, 5.74) is 3.00. The first-order chi connectivity index (χ1) is 15.9. The Morgan fingerprint density at radius 3 is 2.55 bits per heavy atom. The monoisotopic (exact) mass is 466 g/mol. The maximum atomic E-state index is 13.4. The lowest BCUT2D eigenvalue weighted by Crippen LogP contribution is -2.37. The zero-order valence-electron chi connectivity index (χ0n) is 20.3. The Bertz CT molecular complexity index is 1120. The van der Waals surface area contributed by atoms with E-state index >= 15 is 0 Å². The molecule has 176 valence electrons. The van der Waals surface area contributed by atoms with E-state index in [0.29, 0.717) is 19.1 Å². The molecular formula is C26H34N4O2S. The molecule has 4 rings (SSSR count). The first-order valence-corrected chi connectivity index (χ1v) is 12.7. The van der Waals surface area contributed by atoms with Crippen molar-refractivity contribution in [3.8, 4) is 5.75 Å². The van der Waals surface area contributed by atoms with E-state index in [-0.39, 0.29) is 11.8 Å². The number of methoxy groups -OCH3 is 1. The number of anilines is 1. The molecule has 1 fully saturated rings. The van der Waals surface area contributed by atoms with E-state index < -0.39 is 0 Å². The number of thiazole rings is 1. The van der Waals surface area contributed by atoms with Gasteiger partial charge in [0.15, 0.2) is 0 Å². The molecule has 2 aromatic heterocycles. The largest absolute Gasteiger partial charge is 0.497 e. The average Bonchev–Trinajstić information content (AvgIpc) is 3.58. The predicted octanol–water partition coefficient (Wildman–Crippen LogP) is 5.57. The van der Waals surface area contributed by atoms with Crippen LogP contribution in [-0.2, 0) is 17.9 Å². The summed E-state index contributed by atoms with van der Waals surface area (Å²) in [7, 11) is 3.72. The fourth-order valence-electron chi connectivity index (χ4n) is 4.38. The van der Waals surface area contributed by atoms with Crippen LogP contribution in [0.4, 0.5) is 5.82 Å². The summed E-state index contributed by atoms with van der Waals surface area (Å²) in [6, 6.07) is 8.52. The molecule has 1 aliphatic rings. The van der Waals surface area contributed by atoms with Crippen LogP contribution in [-0.4, -0.2) is 41.0 Å². The molecule has 1 amide bonds. The maximum Gasteiger partial charge on any atom is 0.226 e. The van der Waals surface area contributed by atoms with Crippen LogP contribution < -0.4 is 9.64 Å². The van der Waals surface area contributed by atoms with Crippen LogP contribution in [0.25, 0.3) is 10.9 Å². The van der Waals surface area contributed by atoms with Gasteiger partial charge in [-0.25, -0.2) is 9.97 Å². The number of aryl methyl sites for hydroxylation is 1. The summed E-state index contributed by atoms with van der Waals surface area (Å²) in [5, 5.41) is 4.21. The Balaban J connectivity index is 1.72. The number of fused-ring (bicyclic) bond motifs is 1. The summed E-state index contributed by atoms with van der Waals surface area (Å²) in [4.78, 5) is 27.3. The second-order valence-corrected chi connectivity index (χ2v) is 10.0. The molecule has 33 heavy (non-hydrogen) atoms.